The molecule has 0 bridgehead atoms. The fraction of sp³-hybridized carbons (Fsp3) is 0.148. The van der Waals surface area contributed by atoms with Gasteiger partial charge in [0.15, 0.2) is 0 Å². The predicted molar refractivity (Wildman–Crippen MR) is 148 cm³/mol. The zero-order valence-corrected chi connectivity index (χ0v) is 22.1. The van der Waals surface area contributed by atoms with E-state index in [-0.39, 0.29) is 5.56 Å². The van der Waals surface area contributed by atoms with Gasteiger partial charge in [-0.2, -0.15) is 4.68 Å². The highest BCUT2D eigenvalue weighted by atomic mass is 35.5. The van der Waals surface area contributed by atoms with E-state index in [1.54, 1.807) is 26.2 Å². The zero-order chi connectivity index (χ0) is 26.1. The number of halogens is 1. The molecule has 0 saturated carbocycles. The number of nitrogens with zero attached hydrogens (tertiary/aromatic N) is 3. The Balaban J connectivity index is 1.71. The summed E-state index contributed by atoms with van der Waals surface area (Å²) in [5.74, 6) is 1.62. The van der Waals surface area contributed by atoms with E-state index in [2.05, 4.69) is 10.1 Å². The summed E-state index contributed by atoms with van der Waals surface area (Å²) in [7, 11) is 4.67. The number of benzene rings is 3. The first-order chi connectivity index (χ1) is 17.9. The highest BCUT2D eigenvalue weighted by molar-refractivity contribution is 7.20. The summed E-state index contributed by atoms with van der Waals surface area (Å²) < 4.78 is 18.6. The summed E-state index contributed by atoms with van der Waals surface area (Å²) >= 11 is 7.69. The lowest BCUT2D eigenvalue weighted by molar-refractivity contribution is 0.404. The van der Waals surface area contributed by atoms with Crippen molar-refractivity contribution in [2.75, 3.05) is 21.3 Å². The molecule has 0 saturated heterocycles. The number of hydrogen-bond acceptors (Lipinski definition) is 7. The molecule has 5 rings (SSSR count). The number of aromatic amines is 1. The van der Waals surface area contributed by atoms with Gasteiger partial charge >= 0.3 is 0 Å². The van der Waals surface area contributed by atoms with Crippen molar-refractivity contribution in [3.05, 3.63) is 81.6 Å². The van der Waals surface area contributed by atoms with Gasteiger partial charge in [-0.3, -0.25) is 9.89 Å². The quantitative estimate of drug-likeness (QED) is 0.249. The molecule has 3 aromatic carbocycles. The third-order valence-corrected chi connectivity index (χ3v) is 7.16. The topological polar surface area (TPSA) is 90.7 Å². The standard InChI is InChI=1S/C27H23ClN4O4S/c1-15(29-20-14-21(35-3)18(28)13-22(20)36-4)24-25(16-9-11-17(34-2)12-10-16)31-32(26(24)33)27-30-19-7-5-6-8-23(19)37-27/h5-14,31H,1-4H3. The molecule has 0 spiro atoms. The van der Waals surface area contributed by atoms with Crippen molar-refractivity contribution < 1.29 is 14.2 Å². The molecule has 37 heavy (non-hydrogen) atoms. The Morgan fingerprint density at radius 3 is 2.41 bits per heavy atom. The lowest BCUT2D eigenvalue weighted by atomic mass is 10.0. The second-order valence-electron chi connectivity index (χ2n) is 8.05. The SMILES string of the molecule is COc1ccc(-c2[nH]n(-c3nc4ccccc4s3)c(=O)c2C(C)=Nc2cc(OC)c(Cl)cc2OC)cc1. The van der Waals surface area contributed by atoms with Gasteiger partial charge in [-0.25, -0.2) is 9.98 Å². The van der Waals surface area contributed by atoms with Crippen LogP contribution >= 0.6 is 22.9 Å². The molecule has 188 valence electrons. The van der Waals surface area contributed by atoms with Crippen molar-refractivity contribution in [3.63, 3.8) is 0 Å². The molecular weight excluding hydrogens is 512 g/mol. The average molecular weight is 535 g/mol. The van der Waals surface area contributed by atoms with Crippen molar-refractivity contribution in [2.45, 2.75) is 6.92 Å². The second-order valence-corrected chi connectivity index (χ2v) is 9.47. The predicted octanol–water partition coefficient (Wildman–Crippen LogP) is 6.26. The van der Waals surface area contributed by atoms with E-state index in [9.17, 15) is 4.79 Å². The molecule has 0 aliphatic carbocycles. The minimum atomic E-state index is -0.272. The van der Waals surface area contributed by atoms with Gasteiger partial charge in [0.25, 0.3) is 5.56 Å². The fourth-order valence-corrected chi connectivity index (χ4v) is 5.15. The molecule has 10 heteroatoms. The van der Waals surface area contributed by atoms with Crippen LogP contribution in [0, 0.1) is 0 Å². The number of nitrogens with one attached hydrogen (secondary N) is 1. The van der Waals surface area contributed by atoms with Crippen molar-refractivity contribution in [3.8, 4) is 33.6 Å². The van der Waals surface area contributed by atoms with Gasteiger partial charge in [0.1, 0.15) is 22.9 Å². The van der Waals surface area contributed by atoms with E-state index in [0.717, 1.165) is 15.8 Å². The third-order valence-electron chi connectivity index (χ3n) is 5.85. The minimum absolute atomic E-state index is 0.272. The third kappa shape index (κ3) is 4.59. The second kappa shape index (κ2) is 10.1. The van der Waals surface area contributed by atoms with Gasteiger partial charge in [0.2, 0.25) is 5.13 Å². The van der Waals surface area contributed by atoms with Crippen molar-refractivity contribution in [2.24, 2.45) is 4.99 Å². The van der Waals surface area contributed by atoms with Crippen LogP contribution in [0.1, 0.15) is 12.5 Å². The van der Waals surface area contributed by atoms with Gasteiger partial charge < -0.3 is 14.2 Å². The van der Waals surface area contributed by atoms with E-state index in [1.165, 1.54) is 30.2 Å². The maximum absolute atomic E-state index is 13.8. The van der Waals surface area contributed by atoms with E-state index in [1.807, 2.05) is 48.5 Å². The van der Waals surface area contributed by atoms with Crippen LogP contribution in [0.4, 0.5) is 5.69 Å². The number of H-pyrrole nitrogens is 1. The molecule has 5 aromatic rings. The largest absolute Gasteiger partial charge is 0.497 e. The molecule has 0 fully saturated rings. The normalized spacial score (nSPS) is 11.6. The highest BCUT2D eigenvalue weighted by Gasteiger charge is 2.22. The van der Waals surface area contributed by atoms with Crippen molar-refractivity contribution in [1.29, 1.82) is 0 Å². The van der Waals surface area contributed by atoms with Gasteiger partial charge in [-0.1, -0.05) is 35.1 Å². The number of rotatable bonds is 7. The van der Waals surface area contributed by atoms with Gasteiger partial charge in [-0.05, 0) is 43.3 Å². The first-order valence-electron chi connectivity index (χ1n) is 11.3. The number of methoxy groups -OCH3 is 3. The number of thiazole rings is 1. The zero-order valence-electron chi connectivity index (χ0n) is 20.5. The molecule has 8 nitrogen and oxygen atoms in total. The molecule has 2 aromatic heterocycles. The molecule has 0 radical (unpaired) electrons. The maximum Gasteiger partial charge on any atom is 0.283 e. The first kappa shape index (κ1) is 24.6. The minimum Gasteiger partial charge on any atom is -0.497 e. The van der Waals surface area contributed by atoms with E-state index < -0.39 is 0 Å². The van der Waals surface area contributed by atoms with Crippen molar-refractivity contribution >= 4 is 44.6 Å². The summed E-state index contributed by atoms with van der Waals surface area (Å²) in [6.45, 7) is 1.78. The molecule has 0 aliphatic heterocycles. The molecule has 0 aliphatic rings. The average Bonchev–Trinajstić information content (AvgIpc) is 3.50. The Morgan fingerprint density at radius 2 is 1.73 bits per heavy atom. The Hall–Kier alpha value is -4.08. The number of fused-ring (bicyclic) bond motifs is 1. The number of ether oxygens (including phenoxy) is 3. The number of aliphatic imine (C=N–C) groups is 1. The summed E-state index contributed by atoms with van der Waals surface area (Å²) in [6.07, 6.45) is 0. The van der Waals surface area contributed by atoms with Crippen molar-refractivity contribution in [1.82, 2.24) is 14.8 Å². The Morgan fingerprint density at radius 1 is 1.00 bits per heavy atom. The van der Waals surface area contributed by atoms with Gasteiger partial charge in [0, 0.05) is 17.7 Å². The molecular formula is C27H23ClN4O4S. The molecule has 0 amide bonds. The van der Waals surface area contributed by atoms with Crippen LogP contribution in [0.15, 0.2) is 70.5 Å². The molecule has 0 unspecified atom stereocenters. The molecule has 0 atom stereocenters. The van der Waals surface area contributed by atoms with E-state index in [0.29, 0.717) is 50.1 Å². The van der Waals surface area contributed by atoms with Crippen LogP contribution in [0.2, 0.25) is 5.02 Å². The van der Waals surface area contributed by atoms with Crippen LogP contribution in [0.3, 0.4) is 0 Å². The van der Waals surface area contributed by atoms with Crippen LogP contribution in [-0.4, -0.2) is 41.8 Å². The fourth-order valence-electron chi connectivity index (χ4n) is 4.00. The Bertz CT molecular complexity index is 1650. The first-order valence-corrected chi connectivity index (χ1v) is 12.5. The number of para-hydroxylation sites is 1. The lowest BCUT2D eigenvalue weighted by Gasteiger charge is -2.10. The van der Waals surface area contributed by atoms with E-state index >= 15 is 0 Å². The van der Waals surface area contributed by atoms with E-state index in [4.69, 9.17) is 30.8 Å². The van der Waals surface area contributed by atoms with Crippen LogP contribution in [-0.2, 0) is 0 Å². The Kier molecular flexibility index (Phi) is 6.73. The summed E-state index contributed by atoms with van der Waals surface area (Å²) in [5, 5.41) is 4.19. The number of aromatic nitrogens is 3. The van der Waals surface area contributed by atoms with Gasteiger partial charge in [0.05, 0.1) is 53.5 Å². The lowest BCUT2D eigenvalue weighted by Crippen LogP contribution is -2.19. The summed E-state index contributed by atoms with van der Waals surface area (Å²) in [6, 6.07) is 18.5. The summed E-state index contributed by atoms with van der Waals surface area (Å²) in [4.78, 5) is 23.3. The highest BCUT2D eigenvalue weighted by Crippen LogP contribution is 2.38. The van der Waals surface area contributed by atoms with Crippen LogP contribution in [0.25, 0.3) is 26.6 Å². The number of hydrogen-bond donors (Lipinski definition) is 1. The Labute approximate surface area is 221 Å². The maximum atomic E-state index is 13.8. The van der Waals surface area contributed by atoms with Gasteiger partial charge in [-0.15, -0.1) is 0 Å². The molecule has 2 heterocycles. The van der Waals surface area contributed by atoms with Crippen LogP contribution < -0.4 is 19.8 Å². The van der Waals surface area contributed by atoms with Crippen LogP contribution in [0.5, 0.6) is 17.2 Å². The monoisotopic (exact) mass is 534 g/mol. The smallest absolute Gasteiger partial charge is 0.283 e. The summed E-state index contributed by atoms with van der Waals surface area (Å²) in [5.41, 5.74) is 3.31. The molecule has 1 N–H and O–H groups in total.